The first kappa shape index (κ1) is 11.5. The van der Waals surface area contributed by atoms with Gasteiger partial charge in [-0.25, -0.2) is 8.42 Å². The van der Waals surface area contributed by atoms with Gasteiger partial charge < -0.3 is 0 Å². The third kappa shape index (κ3) is 6.24. The van der Waals surface area contributed by atoms with Gasteiger partial charge in [-0.2, -0.15) is 0 Å². The molecule has 0 aromatic carbocycles. The maximum absolute atomic E-state index is 10.6. The van der Waals surface area contributed by atoms with E-state index in [1.807, 2.05) is 0 Å². The molecule has 0 fully saturated rings. The van der Waals surface area contributed by atoms with Gasteiger partial charge in [0.15, 0.2) is 0 Å². The van der Waals surface area contributed by atoms with Crippen molar-refractivity contribution in [3.63, 3.8) is 0 Å². The number of sulfonamides is 1. The van der Waals surface area contributed by atoms with Crippen molar-refractivity contribution >= 4 is 39.6 Å². The molecule has 0 aliphatic heterocycles. The lowest BCUT2D eigenvalue weighted by atomic mass is 10.7. The van der Waals surface area contributed by atoms with Crippen LogP contribution in [0.2, 0.25) is 0 Å². The fraction of sp³-hybridized carbons (Fsp3) is 0.200. The minimum atomic E-state index is -3.73. The summed E-state index contributed by atoms with van der Waals surface area (Å²) in [6.45, 7) is 0. The van der Waals surface area contributed by atoms with Crippen LogP contribution in [0.5, 0.6) is 0 Å². The molecular weight excluding hydrogens is 225 g/mol. The van der Waals surface area contributed by atoms with E-state index in [9.17, 15) is 13.2 Å². The molecule has 0 aliphatic rings. The quantitative estimate of drug-likeness (QED) is 0.435. The number of rotatable bonds is 4. The average molecular weight is 230 g/mol. The van der Waals surface area contributed by atoms with Gasteiger partial charge in [0, 0.05) is 0 Å². The van der Waals surface area contributed by atoms with Crippen LogP contribution in [-0.2, 0) is 14.8 Å². The van der Waals surface area contributed by atoms with Gasteiger partial charge in [0.2, 0.25) is 6.41 Å². The van der Waals surface area contributed by atoms with Gasteiger partial charge in [0.05, 0.1) is 5.41 Å². The molecule has 0 saturated carbocycles. The lowest BCUT2D eigenvalue weighted by molar-refractivity contribution is -0.108. The van der Waals surface area contributed by atoms with Crippen LogP contribution >= 0.6 is 23.2 Å². The minimum absolute atomic E-state index is 0.0480. The molecule has 1 N–H and O–H groups in total. The normalized spacial score (nSPS) is 10.2. The molecule has 4 nitrogen and oxygen atoms in total. The zero-order chi connectivity index (χ0) is 9.61. The van der Waals surface area contributed by atoms with E-state index in [-0.39, 0.29) is 6.41 Å². The number of amides is 1. The minimum Gasteiger partial charge on any atom is -0.278 e. The van der Waals surface area contributed by atoms with Crippen molar-refractivity contribution in [2.45, 2.75) is 4.84 Å². The van der Waals surface area contributed by atoms with E-state index in [0.29, 0.717) is 5.41 Å². The van der Waals surface area contributed by atoms with Gasteiger partial charge >= 0.3 is 0 Å². The van der Waals surface area contributed by atoms with Gasteiger partial charge in [-0.1, -0.05) is 0 Å². The summed E-state index contributed by atoms with van der Waals surface area (Å²) in [7, 11) is -3.73. The number of hydrogen-bond donors (Lipinski definition) is 1. The highest BCUT2D eigenvalue weighted by Gasteiger charge is 1.99. The molecule has 0 saturated heterocycles. The van der Waals surface area contributed by atoms with Crippen molar-refractivity contribution in [2.75, 3.05) is 0 Å². The summed E-state index contributed by atoms with van der Waals surface area (Å²) in [5.41, 5.74) is 2.19. The lowest BCUT2D eigenvalue weighted by Crippen LogP contribution is -2.18. The number of allylic oxidation sites excluding steroid dienone is 1. The molecule has 0 aromatic rings. The molecule has 0 atom stereocenters. The third-order valence-corrected chi connectivity index (χ3v) is 1.78. The highest BCUT2D eigenvalue weighted by atomic mass is 35.5. The zero-order valence-corrected chi connectivity index (χ0v) is 8.03. The zero-order valence-electron chi connectivity index (χ0n) is 5.70. The van der Waals surface area contributed by atoms with E-state index in [2.05, 4.69) is 5.73 Å². The van der Waals surface area contributed by atoms with E-state index >= 15 is 0 Å². The van der Waals surface area contributed by atoms with Crippen LogP contribution in [0, 0.1) is 0 Å². The molecule has 0 aliphatic carbocycles. The van der Waals surface area contributed by atoms with E-state index in [1.165, 1.54) is 0 Å². The van der Waals surface area contributed by atoms with Crippen LogP contribution in [0.1, 0.15) is 0 Å². The van der Waals surface area contributed by atoms with E-state index in [0.717, 1.165) is 6.08 Å². The summed E-state index contributed by atoms with van der Waals surface area (Å²) in [6.07, 6.45) is 1.17. The Morgan fingerprint density at radius 1 is 1.42 bits per heavy atom. The molecule has 0 bridgehead atoms. The number of nitrogens with one attached hydrogen (secondary N) is 1. The van der Waals surface area contributed by atoms with Crippen molar-refractivity contribution < 1.29 is 13.2 Å². The predicted octanol–water partition coefficient (Wildman–Crippen LogP) is 0.535. The third-order valence-electron chi connectivity index (χ3n) is 0.658. The fourth-order valence-corrected chi connectivity index (χ4v) is 0.908. The number of carbonyl (C=O) groups excluding carboxylic acids is 1. The van der Waals surface area contributed by atoms with Crippen molar-refractivity contribution in [3.8, 4) is 0 Å². The summed E-state index contributed by atoms with van der Waals surface area (Å²) in [5.74, 6) is 0. The highest BCUT2D eigenvalue weighted by Crippen LogP contribution is 2.00. The van der Waals surface area contributed by atoms with E-state index in [1.54, 1.807) is 4.72 Å². The molecule has 0 heterocycles. The van der Waals surface area contributed by atoms with E-state index < -0.39 is 14.9 Å². The topological polar surface area (TPSA) is 63.2 Å². The Kier molecular flexibility index (Phi) is 5.01. The molecule has 7 heteroatoms. The molecule has 1 amide bonds. The summed E-state index contributed by atoms with van der Waals surface area (Å²) < 4.78 is 22.9. The second-order valence-corrected chi connectivity index (χ2v) is 4.29. The number of halogens is 2. The Morgan fingerprint density at radius 3 is 2.42 bits per heavy atom. The molecule has 0 rings (SSSR count). The number of alkyl halides is 2. The predicted molar refractivity (Wildman–Crippen MR) is 46.3 cm³/mol. The van der Waals surface area contributed by atoms with Crippen LogP contribution in [0.4, 0.5) is 0 Å². The standard InChI is InChI=1S/C5H5Cl2NO3S/c6-5(7)2-1-3-12(10,11)8-4-9/h2-5H,(H,8,9). The Bertz CT molecular complexity index is 303. The first-order valence-corrected chi connectivity index (χ1v) is 5.06. The first-order chi connectivity index (χ1) is 5.48. The fourth-order valence-electron chi connectivity index (χ4n) is 0.303. The highest BCUT2D eigenvalue weighted by molar-refractivity contribution is 7.92. The maximum atomic E-state index is 10.6. The van der Waals surface area contributed by atoms with Gasteiger partial charge in [0.25, 0.3) is 10.0 Å². The molecule has 0 radical (unpaired) electrons. The maximum Gasteiger partial charge on any atom is 0.264 e. The first-order valence-electron chi connectivity index (χ1n) is 2.64. The van der Waals surface area contributed by atoms with Gasteiger partial charge in [-0.3, -0.25) is 9.52 Å². The Morgan fingerprint density at radius 2 is 2.00 bits per heavy atom. The monoisotopic (exact) mass is 229 g/mol. The largest absolute Gasteiger partial charge is 0.278 e. The molecule has 68 valence electrons. The number of hydrogen-bond acceptors (Lipinski definition) is 3. The molecule has 0 unspecified atom stereocenters. The molecule has 12 heavy (non-hydrogen) atoms. The smallest absolute Gasteiger partial charge is 0.264 e. The van der Waals surface area contributed by atoms with Crippen molar-refractivity contribution in [1.29, 1.82) is 0 Å². The molecule has 0 aromatic heterocycles. The van der Waals surface area contributed by atoms with Crippen LogP contribution in [0.25, 0.3) is 0 Å². The second-order valence-electron chi connectivity index (χ2n) is 1.57. The lowest BCUT2D eigenvalue weighted by Gasteiger charge is -1.89. The Labute approximate surface area is 79.9 Å². The van der Waals surface area contributed by atoms with Crippen molar-refractivity contribution in [3.05, 3.63) is 17.2 Å². The van der Waals surface area contributed by atoms with Gasteiger partial charge in [-0.15, -0.1) is 28.9 Å². The Hall–Kier alpha value is -0.480. The van der Waals surface area contributed by atoms with Crippen molar-refractivity contribution in [1.82, 2.24) is 4.72 Å². The summed E-state index contributed by atoms with van der Waals surface area (Å²) in [5, 5.41) is 0.652. The van der Waals surface area contributed by atoms with Crippen LogP contribution in [0.15, 0.2) is 17.2 Å². The van der Waals surface area contributed by atoms with Gasteiger partial charge in [0.1, 0.15) is 4.84 Å². The second kappa shape index (κ2) is 5.22. The number of carbonyl (C=O) groups is 1. The summed E-state index contributed by atoms with van der Waals surface area (Å²) in [6, 6.07) is 0. The molecular formula is C5H5Cl2NO3S. The van der Waals surface area contributed by atoms with Crippen LogP contribution in [0.3, 0.4) is 0 Å². The van der Waals surface area contributed by atoms with Gasteiger partial charge in [-0.05, 0) is 6.08 Å². The molecule has 0 spiro atoms. The summed E-state index contributed by atoms with van der Waals surface area (Å²) >= 11 is 10.5. The summed E-state index contributed by atoms with van der Waals surface area (Å²) in [4.78, 5) is 8.89. The van der Waals surface area contributed by atoms with E-state index in [4.69, 9.17) is 23.2 Å². The van der Waals surface area contributed by atoms with Crippen LogP contribution in [-0.4, -0.2) is 19.7 Å². The Balaban J connectivity index is 4.44. The average Bonchev–Trinajstić information content (AvgIpc) is 1.85. The SMILES string of the molecule is O=CNS(=O)(=O)C=C=CC(Cl)Cl. The van der Waals surface area contributed by atoms with Crippen LogP contribution < -0.4 is 4.72 Å². The van der Waals surface area contributed by atoms with Crippen molar-refractivity contribution in [2.24, 2.45) is 0 Å².